The maximum Gasteiger partial charge on any atom is 0.103 e. The Morgan fingerprint density at radius 1 is 1.45 bits per heavy atom. The normalized spacial score (nSPS) is 18.4. The van der Waals surface area contributed by atoms with Crippen LogP contribution in [0.25, 0.3) is 0 Å². The fourth-order valence-corrected chi connectivity index (χ4v) is 1.25. The molecule has 1 aliphatic rings. The van der Waals surface area contributed by atoms with Crippen LogP contribution in [0.15, 0.2) is 28.4 Å². The van der Waals surface area contributed by atoms with E-state index in [9.17, 15) is 0 Å². The Morgan fingerprint density at radius 3 is 3.00 bits per heavy atom. The Kier molecular flexibility index (Phi) is 1.13. The van der Waals surface area contributed by atoms with Crippen LogP contribution in [-0.2, 0) is 5.54 Å². The van der Waals surface area contributed by atoms with Crippen molar-refractivity contribution in [2.24, 2.45) is 10.2 Å². The van der Waals surface area contributed by atoms with Crippen LogP contribution in [0.3, 0.4) is 0 Å². The molecule has 0 fully saturated rings. The van der Waals surface area contributed by atoms with Gasteiger partial charge in [0.05, 0.1) is 5.69 Å². The first-order chi connectivity index (χ1) is 5.20. The van der Waals surface area contributed by atoms with Crippen LogP contribution in [0.4, 0.5) is 5.69 Å². The molecule has 0 spiro atoms. The number of benzene rings is 1. The monoisotopic (exact) mass is 145 g/mol. The van der Waals surface area contributed by atoms with Crippen LogP contribution in [0, 0.1) is 6.07 Å². The van der Waals surface area contributed by atoms with E-state index in [-0.39, 0.29) is 5.54 Å². The van der Waals surface area contributed by atoms with Crippen molar-refractivity contribution in [3.05, 3.63) is 29.8 Å². The van der Waals surface area contributed by atoms with Gasteiger partial charge in [0.1, 0.15) is 5.54 Å². The predicted molar refractivity (Wildman–Crippen MR) is 42.8 cm³/mol. The molecule has 1 heterocycles. The summed E-state index contributed by atoms with van der Waals surface area (Å²) in [5.41, 5.74) is 2.01. The van der Waals surface area contributed by atoms with Gasteiger partial charge in [-0.15, -0.1) is 0 Å². The number of hydrogen-bond acceptors (Lipinski definition) is 2. The second kappa shape index (κ2) is 1.91. The fourth-order valence-electron chi connectivity index (χ4n) is 1.25. The van der Waals surface area contributed by atoms with Gasteiger partial charge >= 0.3 is 0 Å². The van der Waals surface area contributed by atoms with Gasteiger partial charge < -0.3 is 0 Å². The van der Waals surface area contributed by atoms with Crippen LogP contribution in [-0.4, -0.2) is 0 Å². The highest BCUT2D eigenvalue weighted by Crippen LogP contribution is 2.39. The van der Waals surface area contributed by atoms with Gasteiger partial charge in [-0.3, -0.25) is 0 Å². The highest BCUT2D eigenvalue weighted by molar-refractivity contribution is 5.50. The molecule has 0 aliphatic carbocycles. The lowest BCUT2D eigenvalue weighted by Crippen LogP contribution is -2.08. The molecule has 1 radical (unpaired) electrons. The Hall–Kier alpha value is -1.18. The van der Waals surface area contributed by atoms with Gasteiger partial charge in [0, 0.05) is 5.56 Å². The average Bonchev–Trinajstić information content (AvgIpc) is 2.29. The quantitative estimate of drug-likeness (QED) is 0.536. The molecule has 0 aromatic heterocycles. The number of nitrogens with zero attached hydrogens (tertiary/aromatic N) is 2. The van der Waals surface area contributed by atoms with Crippen LogP contribution < -0.4 is 0 Å². The first-order valence-electron chi connectivity index (χ1n) is 3.64. The van der Waals surface area contributed by atoms with E-state index in [1.165, 1.54) is 5.56 Å². The van der Waals surface area contributed by atoms with Crippen molar-refractivity contribution >= 4 is 5.69 Å². The maximum absolute atomic E-state index is 4.14. The van der Waals surface area contributed by atoms with Crippen molar-refractivity contribution in [2.45, 2.75) is 19.4 Å². The maximum atomic E-state index is 4.14. The summed E-state index contributed by atoms with van der Waals surface area (Å²) in [6.45, 7) is 4.12. The molecule has 2 heteroatoms. The number of azo groups is 1. The molecule has 2 nitrogen and oxygen atoms in total. The zero-order valence-electron chi connectivity index (χ0n) is 6.63. The minimum atomic E-state index is -0.134. The van der Waals surface area contributed by atoms with E-state index in [2.05, 4.69) is 30.1 Å². The largest absolute Gasteiger partial charge is 0.178 e. The Bertz CT molecular complexity index is 313. The van der Waals surface area contributed by atoms with E-state index >= 15 is 0 Å². The Labute approximate surface area is 66.0 Å². The minimum Gasteiger partial charge on any atom is -0.178 e. The third-order valence-electron chi connectivity index (χ3n) is 1.91. The van der Waals surface area contributed by atoms with Gasteiger partial charge in [-0.2, -0.15) is 10.2 Å². The van der Waals surface area contributed by atoms with Crippen molar-refractivity contribution in [3.8, 4) is 0 Å². The minimum absolute atomic E-state index is 0.134. The van der Waals surface area contributed by atoms with E-state index in [0.29, 0.717) is 0 Å². The fraction of sp³-hybridized carbons (Fsp3) is 0.333. The van der Waals surface area contributed by atoms with Crippen molar-refractivity contribution in [2.75, 3.05) is 0 Å². The summed E-state index contributed by atoms with van der Waals surface area (Å²) < 4.78 is 0. The van der Waals surface area contributed by atoms with Gasteiger partial charge in [0.15, 0.2) is 0 Å². The molecule has 0 atom stereocenters. The van der Waals surface area contributed by atoms with Gasteiger partial charge in [0.2, 0.25) is 0 Å². The molecule has 0 N–H and O–H groups in total. The molecule has 2 rings (SSSR count). The average molecular weight is 145 g/mol. The van der Waals surface area contributed by atoms with Crippen LogP contribution in [0.2, 0.25) is 0 Å². The zero-order valence-corrected chi connectivity index (χ0v) is 6.63. The lowest BCUT2D eigenvalue weighted by molar-refractivity contribution is 0.555. The van der Waals surface area contributed by atoms with Gasteiger partial charge in [0.25, 0.3) is 0 Å². The van der Waals surface area contributed by atoms with Crippen molar-refractivity contribution in [3.63, 3.8) is 0 Å². The molecular weight excluding hydrogens is 136 g/mol. The van der Waals surface area contributed by atoms with Crippen LogP contribution in [0.5, 0.6) is 0 Å². The lowest BCUT2D eigenvalue weighted by Gasteiger charge is -2.12. The SMILES string of the molecule is CC1(C)N=Nc2c[c]ccc21. The summed E-state index contributed by atoms with van der Waals surface area (Å²) in [4.78, 5) is 0. The van der Waals surface area contributed by atoms with Crippen LogP contribution >= 0.6 is 0 Å². The molecule has 0 bridgehead atoms. The molecule has 55 valence electrons. The molecule has 1 aliphatic heterocycles. The number of rotatable bonds is 0. The number of fused-ring (bicyclic) bond motifs is 1. The highest BCUT2D eigenvalue weighted by Gasteiger charge is 2.27. The molecule has 0 saturated carbocycles. The second-order valence-electron chi connectivity index (χ2n) is 3.20. The molecular formula is C9H9N2. The van der Waals surface area contributed by atoms with E-state index in [1.54, 1.807) is 0 Å². The van der Waals surface area contributed by atoms with Gasteiger partial charge in [-0.05, 0) is 26.0 Å². The van der Waals surface area contributed by atoms with Gasteiger partial charge in [-0.1, -0.05) is 12.1 Å². The van der Waals surface area contributed by atoms with E-state index < -0.39 is 0 Å². The third kappa shape index (κ3) is 0.862. The third-order valence-corrected chi connectivity index (χ3v) is 1.91. The molecule has 11 heavy (non-hydrogen) atoms. The van der Waals surface area contributed by atoms with E-state index in [1.807, 2.05) is 18.2 Å². The lowest BCUT2D eigenvalue weighted by atomic mass is 9.95. The van der Waals surface area contributed by atoms with Crippen LogP contribution in [0.1, 0.15) is 19.4 Å². The molecule has 1 aromatic carbocycles. The van der Waals surface area contributed by atoms with E-state index in [0.717, 1.165) is 5.69 Å². The summed E-state index contributed by atoms with van der Waals surface area (Å²) in [6.07, 6.45) is 0. The summed E-state index contributed by atoms with van der Waals surface area (Å²) in [5.74, 6) is 0. The smallest absolute Gasteiger partial charge is 0.103 e. The molecule has 0 unspecified atom stereocenters. The first kappa shape index (κ1) is 6.53. The van der Waals surface area contributed by atoms with Crippen molar-refractivity contribution in [1.29, 1.82) is 0 Å². The van der Waals surface area contributed by atoms with Gasteiger partial charge in [-0.25, -0.2) is 0 Å². The second-order valence-corrected chi connectivity index (χ2v) is 3.20. The van der Waals surface area contributed by atoms with Crippen molar-refractivity contribution in [1.82, 2.24) is 0 Å². The number of hydrogen-bond donors (Lipinski definition) is 0. The highest BCUT2D eigenvalue weighted by atomic mass is 15.2. The zero-order chi connectivity index (χ0) is 7.90. The first-order valence-corrected chi connectivity index (χ1v) is 3.64. The van der Waals surface area contributed by atoms with E-state index in [4.69, 9.17) is 0 Å². The predicted octanol–water partition coefficient (Wildman–Crippen LogP) is 2.82. The molecule has 1 aromatic rings. The molecule has 0 saturated heterocycles. The summed E-state index contributed by atoms with van der Waals surface area (Å²) in [6, 6.07) is 8.77. The topological polar surface area (TPSA) is 24.7 Å². The summed E-state index contributed by atoms with van der Waals surface area (Å²) in [7, 11) is 0. The summed E-state index contributed by atoms with van der Waals surface area (Å²) >= 11 is 0. The standard InChI is InChI=1S/C9H9N2/c1-9(2)7-5-3-4-6-8(7)10-11-9/h3,5-6H,1-2H3. The summed E-state index contributed by atoms with van der Waals surface area (Å²) in [5, 5.41) is 8.19. The Balaban J connectivity index is 2.64. The van der Waals surface area contributed by atoms with Crippen molar-refractivity contribution < 1.29 is 0 Å². The molecule has 0 amide bonds. The Morgan fingerprint density at radius 2 is 2.27 bits per heavy atom.